The van der Waals surface area contributed by atoms with Crippen molar-refractivity contribution in [1.29, 1.82) is 0 Å². The summed E-state index contributed by atoms with van der Waals surface area (Å²) in [5, 5.41) is 7.15. The second-order valence-corrected chi connectivity index (χ2v) is 9.35. The number of aryl methyl sites for hydroxylation is 1. The Balaban J connectivity index is 1.36. The second kappa shape index (κ2) is 8.49. The molecular formula is C24H28N8O3. The number of nitrogens with one attached hydrogen (secondary N) is 3. The molecule has 1 saturated carbocycles. The van der Waals surface area contributed by atoms with Crippen LogP contribution in [-0.4, -0.2) is 56.5 Å². The van der Waals surface area contributed by atoms with Crippen LogP contribution in [0.5, 0.6) is 0 Å². The van der Waals surface area contributed by atoms with E-state index in [0.717, 1.165) is 57.7 Å². The molecule has 0 radical (unpaired) electrons. The van der Waals surface area contributed by atoms with E-state index < -0.39 is 0 Å². The molecule has 11 nitrogen and oxygen atoms in total. The van der Waals surface area contributed by atoms with Gasteiger partial charge in [-0.05, 0) is 32.3 Å². The first-order chi connectivity index (χ1) is 17.0. The predicted octanol–water partition coefficient (Wildman–Crippen LogP) is 3.04. The van der Waals surface area contributed by atoms with Crippen molar-refractivity contribution in [1.82, 2.24) is 29.8 Å². The van der Waals surface area contributed by atoms with Crippen LogP contribution in [0.1, 0.15) is 54.6 Å². The number of carbonyl (C=O) groups excluding carboxylic acids is 1. The molecule has 0 amide bonds. The number of H-pyrrole nitrogens is 1. The predicted molar refractivity (Wildman–Crippen MR) is 133 cm³/mol. The zero-order chi connectivity index (χ0) is 24.1. The lowest BCUT2D eigenvalue weighted by Gasteiger charge is -2.26. The van der Waals surface area contributed by atoms with Crippen molar-refractivity contribution in [2.75, 3.05) is 36.4 Å². The van der Waals surface area contributed by atoms with Crippen molar-refractivity contribution in [3.8, 4) is 0 Å². The third-order valence-corrected chi connectivity index (χ3v) is 7.07. The maximum atomic E-state index is 13.4. The molecule has 3 N–H and O–H groups in total. The Kier molecular flexibility index (Phi) is 5.28. The van der Waals surface area contributed by atoms with E-state index in [1.54, 1.807) is 17.7 Å². The molecular weight excluding hydrogens is 448 g/mol. The number of ketones is 1. The molecule has 4 aromatic heterocycles. The van der Waals surface area contributed by atoms with E-state index in [-0.39, 0.29) is 22.9 Å². The Morgan fingerprint density at radius 3 is 2.69 bits per heavy atom. The minimum atomic E-state index is -0.269. The van der Waals surface area contributed by atoms with Gasteiger partial charge in [-0.15, -0.1) is 0 Å². The summed E-state index contributed by atoms with van der Waals surface area (Å²) in [7, 11) is 0. The average Bonchev–Trinajstić information content (AvgIpc) is 3.57. The van der Waals surface area contributed by atoms with E-state index in [0.29, 0.717) is 39.7 Å². The van der Waals surface area contributed by atoms with Crippen molar-refractivity contribution in [2.45, 2.75) is 45.6 Å². The van der Waals surface area contributed by atoms with Crippen molar-refractivity contribution in [3.63, 3.8) is 0 Å². The third kappa shape index (κ3) is 3.75. The Labute approximate surface area is 200 Å². The summed E-state index contributed by atoms with van der Waals surface area (Å²) < 4.78 is 7.67. The standard InChI is InChI=1S/C24H28N8O3/c1-13-16-12-26-23(28-20(16)32(15-5-3-4-6-15)22(34)19(13)14(2)33)30-24-27-17-11-18(35-21(17)29-24)31-9-7-25-8-10-31/h11-12,15,25H,3-10H2,1-2H3,(H2,26,27,28,29,30). The highest BCUT2D eigenvalue weighted by Gasteiger charge is 2.26. The van der Waals surface area contributed by atoms with Gasteiger partial charge in [0.15, 0.2) is 5.78 Å². The molecule has 1 aliphatic heterocycles. The van der Waals surface area contributed by atoms with E-state index in [2.05, 4.69) is 30.5 Å². The van der Waals surface area contributed by atoms with Crippen LogP contribution in [0.25, 0.3) is 22.3 Å². The van der Waals surface area contributed by atoms with E-state index in [4.69, 9.17) is 9.40 Å². The summed E-state index contributed by atoms with van der Waals surface area (Å²) in [6, 6.07) is 1.95. The Hall–Kier alpha value is -3.73. The molecule has 6 rings (SSSR count). The van der Waals surface area contributed by atoms with Gasteiger partial charge in [-0.25, -0.2) is 9.97 Å². The van der Waals surface area contributed by atoms with Crippen molar-refractivity contribution in [3.05, 3.63) is 33.7 Å². The van der Waals surface area contributed by atoms with Crippen molar-refractivity contribution >= 4 is 45.8 Å². The zero-order valence-corrected chi connectivity index (χ0v) is 19.8. The van der Waals surface area contributed by atoms with Crippen LogP contribution in [-0.2, 0) is 0 Å². The van der Waals surface area contributed by atoms with Gasteiger partial charge in [0.2, 0.25) is 23.5 Å². The molecule has 182 valence electrons. The number of imidazole rings is 1. The fourth-order valence-corrected chi connectivity index (χ4v) is 5.31. The Morgan fingerprint density at radius 2 is 1.97 bits per heavy atom. The molecule has 0 aromatic carbocycles. The van der Waals surface area contributed by atoms with Crippen LogP contribution < -0.4 is 21.1 Å². The number of rotatable bonds is 5. The maximum Gasteiger partial charge on any atom is 0.263 e. The highest BCUT2D eigenvalue weighted by molar-refractivity contribution is 5.99. The maximum absolute atomic E-state index is 13.4. The van der Waals surface area contributed by atoms with Crippen LogP contribution in [0.3, 0.4) is 0 Å². The van der Waals surface area contributed by atoms with Crippen LogP contribution in [0.4, 0.5) is 17.8 Å². The number of pyridine rings is 1. The van der Waals surface area contributed by atoms with E-state index in [9.17, 15) is 9.59 Å². The fourth-order valence-electron chi connectivity index (χ4n) is 5.31. The van der Waals surface area contributed by atoms with E-state index in [1.807, 2.05) is 6.07 Å². The smallest absolute Gasteiger partial charge is 0.263 e. The number of anilines is 3. The molecule has 11 heteroatoms. The first-order valence-electron chi connectivity index (χ1n) is 12.1. The third-order valence-electron chi connectivity index (χ3n) is 7.07. The van der Waals surface area contributed by atoms with Crippen LogP contribution in [0.2, 0.25) is 0 Å². The molecule has 0 atom stereocenters. The largest absolute Gasteiger partial charge is 0.422 e. The number of aromatic nitrogens is 5. The highest BCUT2D eigenvalue weighted by atomic mass is 16.4. The lowest BCUT2D eigenvalue weighted by Crippen LogP contribution is -2.43. The molecule has 0 spiro atoms. The molecule has 1 saturated heterocycles. The first-order valence-corrected chi connectivity index (χ1v) is 12.1. The van der Waals surface area contributed by atoms with Crippen molar-refractivity contribution in [2.24, 2.45) is 0 Å². The number of piperazine rings is 1. The van der Waals surface area contributed by atoms with Gasteiger partial charge in [0.25, 0.3) is 5.56 Å². The van der Waals surface area contributed by atoms with E-state index >= 15 is 0 Å². The second-order valence-electron chi connectivity index (χ2n) is 9.35. The number of fused-ring (bicyclic) bond motifs is 2. The molecule has 2 aliphatic rings. The minimum Gasteiger partial charge on any atom is -0.422 e. The molecule has 1 aliphatic carbocycles. The number of Topliss-reactive ketones (excluding diaryl/α,β-unsaturated/α-hetero) is 1. The molecule has 0 bridgehead atoms. The van der Waals surface area contributed by atoms with Gasteiger partial charge in [0.1, 0.15) is 11.2 Å². The molecule has 0 unspecified atom stereocenters. The summed E-state index contributed by atoms with van der Waals surface area (Å²) in [6.07, 6.45) is 5.57. The van der Waals surface area contributed by atoms with Crippen molar-refractivity contribution < 1.29 is 9.21 Å². The normalized spacial score (nSPS) is 17.0. The lowest BCUT2D eigenvalue weighted by molar-refractivity contribution is 0.101. The number of carbonyl (C=O) groups is 1. The molecule has 2 fully saturated rings. The number of furan rings is 1. The number of hydrogen-bond acceptors (Lipinski definition) is 9. The van der Waals surface area contributed by atoms with Crippen LogP contribution in [0.15, 0.2) is 21.5 Å². The first kappa shape index (κ1) is 21.8. The van der Waals surface area contributed by atoms with Gasteiger partial charge in [0, 0.05) is 49.9 Å². The zero-order valence-electron chi connectivity index (χ0n) is 19.8. The van der Waals surface area contributed by atoms with Gasteiger partial charge in [-0.1, -0.05) is 12.8 Å². The quantitative estimate of drug-likeness (QED) is 0.372. The molecule has 4 aromatic rings. The Morgan fingerprint density at radius 1 is 1.20 bits per heavy atom. The summed E-state index contributed by atoms with van der Waals surface area (Å²) in [6.45, 7) is 6.85. The van der Waals surface area contributed by atoms with Gasteiger partial charge in [-0.2, -0.15) is 4.98 Å². The molecule has 35 heavy (non-hydrogen) atoms. The number of hydrogen-bond donors (Lipinski definition) is 3. The average molecular weight is 477 g/mol. The SMILES string of the molecule is CC(=O)c1c(C)c2cnc(Nc3nc4cc(N5CCNCC5)oc4[nH]3)nc2n(C2CCCC2)c1=O. The molecule has 5 heterocycles. The lowest BCUT2D eigenvalue weighted by atomic mass is 10.0. The van der Waals surface area contributed by atoms with Crippen LogP contribution in [0, 0.1) is 6.92 Å². The fraction of sp³-hybridized carbons (Fsp3) is 0.458. The topological polar surface area (TPSA) is 134 Å². The number of aromatic amines is 1. The minimum absolute atomic E-state index is 0.0285. The van der Waals surface area contributed by atoms with Gasteiger partial charge >= 0.3 is 0 Å². The van der Waals surface area contributed by atoms with Crippen LogP contribution >= 0.6 is 0 Å². The summed E-state index contributed by atoms with van der Waals surface area (Å²) >= 11 is 0. The van der Waals surface area contributed by atoms with E-state index in [1.165, 1.54) is 6.92 Å². The van der Waals surface area contributed by atoms with Gasteiger partial charge in [-0.3, -0.25) is 24.5 Å². The summed E-state index contributed by atoms with van der Waals surface area (Å²) in [4.78, 5) is 44.7. The highest BCUT2D eigenvalue weighted by Crippen LogP contribution is 2.32. The Bertz CT molecular complexity index is 1460. The van der Waals surface area contributed by atoms with Gasteiger partial charge < -0.3 is 14.6 Å². The monoisotopic (exact) mass is 476 g/mol. The van der Waals surface area contributed by atoms with Gasteiger partial charge in [0.05, 0.1) is 5.56 Å². The number of nitrogens with zero attached hydrogens (tertiary/aromatic N) is 5. The summed E-state index contributed by atoms with van der Waals surface area (Å²) in [5.41, 5.74) is 2.40. The summed E-state index contributed by atoms with van der Waals surface area (Å²) in [5.74, 6) is 1.34.